The molecule has 0 spiro atoms. The largest absolute Gasteiger partial charge is 0.495 e. The number of anilines is 1. The zero-order valence-electron chi connectivity index (χ0n) is 11.5. The summed E-state index contributed by atoms with van der Waals surface area (Å²) < 4.78 is 33.4. The Kier molecular flexibility index (Phi) is 4.61. The summed E-state index contributed by atoms with van der Waals surface area (Å²) in [5.41, 5.74) is 6.14. The maximum absolute atomic E-state index is 12.5. The third-order valence-corrected chi connectivity index (χ3v) is 6.04. The summed E-state index contributed by atoms with van der Waals surface area (Å²) in [4.78, 5) is 0.0758. The smallest absolute Gasteiger partial charge is 0.244 e. The minimum absolute atomic E-state index is 0.0758. The summed E-state index contributed by atoms with van der Waals surface area (Å²) in [6.07, 6.45) is 3.32. The highest BCUT2D eigenvalue weighted by atomic mass is 79.9. The van der Waals surface area contributed by atoms with Crippen molar-refractivity contribution in [3.05, 3.63) is 16.6 Å². The van der Waals surface area contributed by atoms with Gasteiger partial charge in [-0.05, 0) is 53.7 Å². The summed E-state index contributed by atoms with van der Waals surface area (Å²) in [6, 6.07) is 2.90. The van der Waals surface area contributed by atoms with Crippen molar-refractivity contribution in [2.24, 2.45) is 5.92 Å². The van der Waals surface area contributed by atoms with Crippen molar-refractivity contribution in [2.75, 3.05) is 12.8 Å². The molecule has 112 valence electrons. The van der Waals surface area contributed by atoms with Crippen LogP contribution in [0, 0.1) is 5.92 Å². The number of hydrogen-bond acceptors (Lipinski definition) is 4. The third-order valence-electron chi connectivity index (χ3n) is 3.77. The lowest BCUT2D eigenvalue weighted by Crippen LogP contribution is -2.40. The zero-order chi connectivity index (χ0) is 14.9. The molecule has 0 heterocycles. The van der Waals surface area contributed by atoms with E-state index in [2.05, 4.69) is 20.7 Å². The standard InChI is InChI=1S/C13H19BrN2O3S/c1-8(9-4-3-5-9)16-20(17,18)13-7-11(15)10(14)6-12(13)19-2/h6-9,16H,3-5,15H2,1-2H3. The van der Waals surface area contributed by atoms with E-state index in [-0.39, 0.29) is 16.7 Å². The number of benzene rings is 1. The second kappa shape index (κ2) is 5.91. The van der Waals surface area contributed by atoms with Crippen molar-refractivity contribution in [3.8, 4) is 5.75 Å². The van der Waals surface area contributed by atoms with Crippen LogP contribution in [0.5, 0.6) is 5.75 Å². The van der Waals surface area contributed by atoms with E-state index in [4.69, 9.17) is 10.5 Å². The predicted octanol–water partition coefficient (Wildman–Crippen LogP) is 2.51. The molecule has 0 radical (unpaired) electrons. The van der Waals surface area contributed by atoms with E-state index in [0.29, 0.717) is 16.1 Å². The van der Waals surface area contributed by atoms with Crippen molar-refractivity contribution in [1.29, 1.82) is 0 Å². The summed E-state index contributed by atoms with van der Waals surface area (Å²) in [6.45, 7) is 1.90. The second-order valence-corrected chi connectivity index (χ2v) is 7.66. The molecule has 2 rings (SSSR count). The Morgan fingerprint density at radius 2 is 2.10 bits per heavy atom. The molecule has 1 atom stereocenters. The number of methoxy groups -OCH3 is 1. The van der Waals surface area contributed by atoms with E-state index in [1.807, 2.05) is 6.92 Å². The van der Waals surface area contributed by atoms with Gasteiger partial charge >= 0.3 is 0 Å². The van der Waals surface area contributed by atoms with Crippen LogP contribution in [0.4, 0.5) is 5.69 Å². The van der Waals surface area contributed by atoms with Gasteiger partial charge in [0.2, 0.25) is 10.0 Å². The molecule has 5 nitrogen and oxygen atoms in total. The van der Waals surface area contributed by atoms with Crippen molar-refractivity contribution >= 4 is 31.6 Å². The molecule has 1 fully saturated rings. The first-order valence-corrected chi connectivity index (χ1v) is 8.78. The normalized spacial score (nSPS) is 17.6. The summed E-state index contributed by atoms with van der Waals surface area (Å²) in [5, 5.41) is 0. The number of nitrogen functional groups attached to an aromatic ring is 1. The fourth-order valence-corrected chi connectivity index (χ4v) is 4.09. The molecule has 1 aliphatic carbocycles. The molecular formula is C13H19BrN2O3S. The molecule has 20 heavy (non-hydrogen) atoms. The highest BCUT2D eigenvalue weighted by Gasteiger charge is 2.29. The van der Waals surface area contributed by atoms with Crippen molar-refractivity contribution in [1.82, 2.24) is 4.72 Å². The van der Waals surface area contributed by atoms with Crippen molar-refractivity contribution < 1.29 is 13.2 Å². The predicted molar refractivity (Wildman–Crippen MR) is 82.2 cm³/mol. The van der Waals surface area contributed by atoms with E-state index < -0.39 is 10.0 Å². The van der Waals surface area contributed by atoms with E-state index in [1.165, 1.54) is 19.6 Å². The average molecular weight is 363 g/mol. The number of ether oxygens (including phenoxy) is 1. The molecule has 0 aliphatic heterocycles. The molecule has 0 aromatic heterocycles. The molecule has 1 aliphatic rings. The van der Waals surface area contributed by atoms with E-state index >= 15 is 0 Å². The Morgan fingerprint density at radius 1 is 1.45 bits per heavy atom. The topological polar surface area (TPSA) is 81.4 Å². The molecule has 3 N–H and O–H groups in total. The van der Waals surface area contributed by atoms with Crippen LogP contribution in [-0.4, -0.2) is 21.6 Å². The van der Waals surface area contributed by atoms with Gasteiger partial charge in [-0.3, -0.25) is 0 Å². The first kappa shape index (κ1) is 15.6. The summed E-state index contributed by atoms with van der Waals surface area (Å²) in [5.74, 6) is 0.697. The van der Waals surface area contributed by atoms with Crippen LogP contribution < -0.4 is 15.2 Å². The highest BCUT2D eigenvalue weighted by molar-refractivity contribution is 9.10. The third kappa shape index (κ3) is 3.10. The quantitative estimate of drug-likeness (QED) is 0.788. The minimum Gasteiger partial charge on any atom is -0.495 e. The number of halogens is 1. The average Bonchev–Trinajstić information content (AvgIpc) is 2.28. The summed E-state index contributed by atoms with van der Waals surface area (Å²) >= 11 is 3.26. The molecule has 1 aromatic rings. The fraction of sp³-hybridized carbons (Fsp3) is 0.538. The van der Waals surface area contributed by atoms with Crippen LogP contribution in [0.2, 0.25) is 0 Å². The maximum Gasteiger partial charge on any atom is 0.244 e. The molecule has 7 heteroatoms. The first-order valence-electron chi connectivity index (χ1n) is 6.50. The lowest BCUT2D eigenvalue weighted by molar-refractivity contribution is 0.260. The van der Waals surface area contributed by atoms with Gasteiger partial charge in [0, 0.05) is 16.2 Å². The Hall–Kier alpha value is -0.790. The van der Waals surface area contributed by atoms with Gasteiger partial charge in [-0.25, -0.2) is 13.1 Å². The number of nitrogens with two attached hydrogens (primary N) is 1. The van der Waals surface area contributed by atoms with Crippen LogP contribution in [0.25, 0.3) is 0 Å². The Balaban J connectivity index is 2.30. The monoisotopic (exact) mass is 362 g/mol. The Morgan fingerprint density at radius 3 is 2.60 bits per heavy atom. The highest BCUT2D eigenvalue weighted by Crippen LogP contribution is 2.34. The van der Waals surface area contributed by atoms with Gasteiger partial charge < -0.3 is 10.5 Å². The minimum atomic E-state index is -3.64. The van der Waals surface area contributed by atoms with Crippen LogP contribution in [-0.2, 0) is 10.0 Å². The molecule has 1 saturated carbocycles. The van der Waals surface area contributed by atoms with Crippen molar-refractivity contribution in [2.45, 2.75) is 37.1 Å². The van der Waals surface area contributed by atoms with Crippen LogP contribution in [0.1, 0.15) is 26.2 Å². The van der Waals surface area contributed by atoms with Gasteiger partial charge in [-0.15, -0.1) is 0 Å². The number of rotatable bonds is 5. The lowest BCUT2D eigenvalue weighted by atomic mass is 9.81. The molecule has 1 unspecified atom stereocenters. The SMILES string of the molecule is COc1cc(Br)c(N)cc1S(=O)(=O)NC(C)C1CCC1. The van der Waals surface area contributed by atoms with Crippen molar-refractivity contribution in [3.63, 3.8) is 0 Å². The van der Waals surface area contributed by atoms with Crippen LogP contribution >= 0.6 is 15.9 Å². The number of nitrogens with one attached hydrogen (secondary N) is 1. The molecule has 0 bridgehead atoms. The van der Waals surface area contributed by atoms with Gasteiger partial charge in [0.15, 0.2) is 0 Å². The van der Waals surface area contributed by atoms with Gasteiger partial charge in [-0.2, -0.15) is 0 Å². The van der Waals surface area contributed by atoms with E-state index in [0.717, 1.165) is 12.8 Å². The number of sulfonamides is 1. The fourth-order valence-electron chi connectivity index (χ4n) is 2.26. The first-order chi connectivity index (χ1) is 9.35. The van der Waals surface area contributed by atoms with E-state index in [1.54, 1.807) is 6.07 Å². The van der Waals surface area contributed by atoms with Gasteiger partial charge in [0.25, 0.3) is 0 Å². The Labute approximate surface area is 128 Å². The zero-order valence-corrected chi connectivity index (χ0v) is 13.9. The molecule has 0 amide bonds. The summed E-state index contributed by atoms with van der Waals surface area (Å²) in [7, 11) is -2.20. The van der Waals surface area contributed by atoms with Gasteiger partial charge in [0.1, 0.15) is 10.6 Å². The van der Waals surface area contributed by atoms with Gasteiger partial charge in [0.05, 0.1) is 7.11 Å². The number of hydrogen-bond donors (Lipinski definition) is 2. The van der Waals surface area contributed by atoms with Crippen LogP contribution in [0.15, 0.2) is 21.5 Å². The lowest BCUT2D eigenvalue weighted by Gasteiger charge is -2.31. The molecule has 0 saturated heterocycles. The van der Waals surface area contributed by atoms with Gasteiger partial charge in [-0.1, -0.05) is 6.42 Å². The maximum atomic E-state index is 12.5. The van der Waals surface area contributed by atoms with Crippen LogP contribution in [0.3, 0.4) is 0 Å². The van der Waals surface area contributed by atoms with E-state index in [9.17, 15) is 8.42 Å². The molecular weight excluding hydrogens is 344 g/mol. The Bertz CT molecular complexity index is 600. The molecule has 1 aromatic carbocycles. The second-order valence-electron chi connectivity index (χ2n) is 5.13.